The minimum atomic E-state index is -0.734. The Kier molecular flexibility index (Phi) is 8.44. The Morgan fingerprint density at radius 3 is 2.15 bits per heavy atom. The summed E-state index contributed by atoms with van der Waals surface area (Å²) in [4.78, 5) is 28.5. The van der Waals surface area contributed by atoms with Crippen molar-refractivity contribution in [2.24, 2.45) is 0 Å². The third-order valence-electron chi connectivity index (χ3n) is 7.18. The first-order valence-corrected chi connectivity index (χ1v) is 13.4. The maximum Gasteiger partial charge on any atom is 0.295 e. The zero-order valence-corrected chi connectivity index (χ0v) is 23.5. The molecule has 0 saturated carbocycles. The number of hydrogen-bond donors (Lipinski definition) is 1. The highest BCUT2D eigenvalue weighted by Gasteiger charge is 2.46. The number of methoxy groups -OCH3 is 1. The average Bonchev–Trinajstić information content (AvgIpc) is 3.18. The lowest BCUT2D eigenvalue weighted by molar-refractivity contribution is -0.140. The molecule has 0 bridgehead atoms. The lowest BCUT2D eigenvalue weighted by atomic mass is 9.92. The van der Waals surface area contributed by atoms with Gasteiger partial charge in [0.1, 0.15) is 17.3 Å². The number of rotatable bonds is 9. The van der Waals surface area contributed by atoms with Crippen LogP contribution in [0.1, 0.15) is 80.3 Å². The molecule has 3 aromatic rings. The Balaban J connectivity index is 1.85. The molecule has 0 radical (unpaired) electrons. The first-order chi connectivity index (χ1) is 18.7. The van der Waals surface area contributed by atoms with Gasteiger partial charge in [-0.05, 0) is 71.3 Å². The molecule has 3 aromatic carbocycles. The van der Waals surface area contributed by atoms with E-state index in [1.54, 1.807) is 13.2 Å². The summed E-state index contributed by atoms with van der Waals surface area (Å²) in [6.45, 7) is 11.0. The lowest BCUT2D eigenvalue weighted by Crippen LogP contribution is -2.29. The maximum atomic E-state index is 13.5. The van der Waals surface area contributed by atoms with Crippen LogP contribution in [0.4, 0.5) is 0 Å². The van der Waals surface area contributed by atoms with Crippen LogP contribution < -0.4 is 9.47 Å². The van der Waals surface area contributed by atoms with Crippen LogP contribution in [0.25, 0.3) is 5.76 Å². The van der Waals surface area contributed by atoms with Gasteiger partial charge in [-0.15, -0.1) is 0 Å². The number of benzene rings is 3. The lowest BCUT2D eigenvalue weighted by Gasteiger charge is -2.26. The van der Waals surface area contributed by atoms with E-state index in [4.69, 9.17) is 9.47 Å². The molecule has 39 heavy (non-hydrogen) atoms. The summed E-state index contributed by atoms with van der Waals surface area (Å²) in [7, 11) is 1.60. The summed E-state index contributed by atoms with van der Waals surface area (Å²) in [5.41, 5.74) is 4.26. The molecule has 1 heterocycles. The second-order valence-corrected chi connectivity index (χ2v) is 10.4. The van der Waals surface area contributed by atoms with Gasteiger partial charge >= 0.3 is 0 Å². The van der Waals surface area contributed by atoms with Crippen LogP contribution in [0.5, 0.6) is 11.5 Å². The SMILES string of the molecule is CCOc1ccc(/C(O)=C2/C(=O)C(=O)N(Cc3ccc(OC)cc3)C2c2ccc(C(C)C)cc2)cc1C(C)C. The molecular formula is C33H37NO5. The number of ketones is 1. The van der Waals surface area contributed by atoms with Gasteiger partial charge in [0.25, 0.3) is 11.7 Å². The molecular weight excluding hydrogens is 490 g/mol. The fourth-order valence-electron chi connectivity index (χ4n) is 4.97. The molecule has 1 atom stereocenters. The van der Waals surface area contributed by atoms with Gasteiger partial charge in [-0.1, -0.05) is 64.1 Å². The topological polar surface area (TPSA) is 76.1 Å². The van der Waals surface area contributed by atoms with Crippen LogP contribution >= 0.6 is 0 Å². The summed E-state index contributed by atoms with van der Waals surface area (Å²) in [6, 6.07) is 20.0. The summed E-state index contributed by atoms with van der Waals surface area (Å²) in [5.74, 6) is 0.398. The average molecular weight is 528 g/mol. The molecule has 1 saturated heterocycles. The molecule has 1 unspecified atom stereocenters. The van der Waals surface area contributed by atoms with Gasteiger partial charge in [0, 0.05) is 12.1 Å². The van der Waals surface area contributed by atoms with Crippen molar-refractivity contribution >= 4 is 17.4 Å². The second-order valence-electron chi connectivity index (χ2n) is 10.4. The summed E-state index contributed by atoms with van der Waals surface area (Å²) in [5, 5.41) is 11.6. The van der Waals surface area contributed by atoms with Crippen LogP contribution in [0.15, 0.2) is 72.3 Å². The Hall–Kier alpha value is -4.06. The van der Waals surface area contributed by atoms with Gasteiger partial charge in [0.2, 0.25) is 0 Å². The van der Waals surface area contributed by atoms with Crippen molar-refractivity contribution < 1.29 is 24.2 Å². The molecule has 204 valence electrons. The van der Waals surface area contributed by atoms with Crippen LogP contribution in [-0.2, 0) is 16.1 Å². The second kappa shape index (κ2) is 11.8. The minimum absolute atomic E-state index is 0.0877. The van der Waals surface area contributed by atoms with Gasteiger partial charge in [-0.25, -0.2) is 0 Å². The van der Waals surface area contributed by atoms with E-state index in [1.807, 2.05) is 81.4 Å². The number of ether oxygens (including phenoxy) is 2. The molecule has 0 aromatic heterocycles. The molecule has 4 rings (SSSR count). The van der Waals surface area contributed by atoms with Crippen molar-refractivity contribution in [3.63, 3.8) is 0 Å². The van der Waals surface area contributed by atoms with Crippen LogP contribution in [-0.4, -0.2) is 35.4 Å². The number of carbonyl (C=O) groups excluding carboxylic acids is 2. The van der Waals surface area contributed by atoms with Gasteiger partial charge in [0.05, 0.1) is 25.3 Å². The molecule has 1 amide bonds. The van der Waals surface area contributed by atoms with E-state index in [-0.39, 0.29) is 23.8 Å². The van der Waals surface area contributed by atoms with Crippen LogP contribution in [0.3, 0.4) is 0 Å². The van der Waals surface area contributed by atoms with Crippen molar-refractivity contribution in [3.05, 3.63) is 100 Å². The van der Waals surface area contributed by atoms with Crippen LogP contribution in [0.2, 0.25) is 0 Å². The number of amides is 1. The van der Waals surface area contributed by atoms with Crippen molar-refractivity contribution in [1.82, 2.24) is 4.90 Å². The number of nitrogens with zero attached hydrogens (tertiary/aromatic N) is 1. The number of hydrogen-bond acceptors (Lipinski definition) is 5. The number of carbonyl (C=O) groups is 2. The predicted octanol–water partition coefficient (Wildman–Crippen LogP) is 6.96. The number of Topliss-reactive ketones (excluding diaryl/α,β-unsaturated/α-hetero) is 1. The highest BCUT2D eigenvalue weighted by molar-refractivity contribution is 6.46. The van der Waals surface area contributed by atoms with Gasteiger partial charge in [0.15, 0.2) is 0 Å². The molecule has 1 N–H and O–H groups in total. The third-order valence-corrected chi connectivity index (χ3v) is 7.18. The molecule has 6 nitrogen and oxygen atoms in total. The highest BCUT2D eigenvalue weighted by atomic mass is 16.5. The van der Waals surface area contributed by atoms with E-state index in [1.165, 1.54) is 4.90 Å². The maximum absolute atomic E-state index is 13.5. The van der Waals surface area contributed by atoms with Crippen molar-refractivity contribution in [3.8, 4) is 11.5 Å². The Morgan fingerprint density at radius 2 is 1.59 bits per heavy atom. The Bertz CT molecular complexity index is 1370. The van der Waals surface area contributed by atoms with E-state index in [0.717, 1.165) is 28.0 Å². The first kappa shape index (κ1) is 28.0. The van der Waals surface area contributed by atoms with E-state index >= 15 is 0 Å². The minimum Gasteiger partial charge on any atom is -0.507 e. The third kappa shape index (κ3) is 5.70. The largest absolute Gasteiger partial charge is 0.507 e. The molecule has 6 heteroatoms. The van der Waals surface area contributed by atoms with E-state index in [0.29, 0.717) is 23.8 Å². The summed E-state index contributed by atoms with van der Waals surface area (Å²) >= 11 is 0. The Labute approximate surface area is 230 Å². The molecule has 1 aliphatic rings. The summed E-state index contributed by atoms with van der Waals surface area (Å²) < 4.78 is 11.0. The number of aliphatic hydroxyl groups is 1. The van der Waals surface area contributed by atoms with Gasteiger partial charge < -0.3 is 19.5 Å². The molecule has 1 fully saturated rings. The monoisotopic (exact) mass is 527 g/mol. The molecule has 1 aliphatic heterocycles. The first-order valence-electron chi connectivity index (χ1n) is 13.4. The van der Waals surface area contributed by atoms with Crippen molar-refractivity contribution in [1.29, 1.82) is 0 Å². The van der Waals surface area contributed by atoms with Crippen molar-refractivity contribution in [2.75, 3.05) is 13.7 Å². The van der Waals surface area contributed by atoms with Gasteiger partial charge in [-0.2, -0.15) is 0 Å². The quantitative estimate of drug-likeness (QED) is 0.185. The number of likely N-dealkylation sites (tertiary alicyclic amines) is 1. The zero-order valence-electron chi connectivity index (χ0n) is 23.5. The Morgan fingerprint density at radius 1 is 0.923 bits per heavy atom. The fourth-order valence-corrected chi connectivity index (χ4v) is 4.97. The highest BCUT2D eigenvalue weighted by Crippen LogP contribution is 2.41. The van der Waals surface area contributed by atoms with E-state index in [9.17, 15) is 14.7 Å². The fraction of sp³-hybridized carbons (Fsp3) is 0.333. The van der Waals surface area contributed by atoms with Crippen LogP contribution in [0, 0.1) is 0 Å². The standard InChI is InChI=1S/C33H37NO5/c1-7-39-28-17-14-25(18-27(28)21(4)5)31(35)29-30(24-12-10-23(11-13-24)20(2)3)34(33(37)32(29)36)19-22-8-15-26(38-6)16-9-22/h8-18,20-21,30,35H,7,19H2,1-6H3/b31-29-. The smallest absolute Gasteiger partial charge is 0.295 e. The van der Waals surface area contributed by atoms with Crippen molar-refractivity contribution in [2.45, 2.75) is 59.0 Å². The molecule has 0 aliphatic carbocycles. The van der Waals surface area contributed by atoms with E-state index in [2.05, 4.69) is 13.8 Å². The summed E-state index contributed by atoms with van der Waals surface area (Å²) in [6.07, 6.45) is 0. The number of aliphatic hydroxyl groups excluding tert-OH is 1. The molecule has 0 spiro atoms. The van der Waals surface area contributed by atoms with Gasteiger partial charge in [-0.3, -0.25) is 9.59 Å². The normalized spacial score (nSPS) is 16.8. The van der Waals surface area contributed by atoms with E-state index < -0.39 is 17.7 Å². The predicted molar refractivity (Wildman–Crippen MR) is 153 cm³/mol. The zero-order chi connectivity index (χ0) is 28.3.